The van der Waals surface area contributed by atoms with Crippen LogP contribution in [0.1, 0.15) is 0 Å². The molecule has 0 bridgehead atoms. The van der Waals surface area contributed by atoms with Crippen LogP contribution in [0.15, 0.2) is 29.0 Å². The number of nitro groups is 1. The Bertz CT molecular complexity index is 572. The first-order valence-electron chi connectivity index (χ1n) is 4.38. The van der Waals surface area contributed by atoms with Crippen LogP contribution in [-0.4, -0.2) is 15.1 Å². The smallest absolute Gasteiger partial charge is 0.272 e. The molecule has 0 saturated heterocycles. The van der Waals surface area contributed by atoms with Crippen LogP contribution in [-0.2, 0) is 0 Å². The maximum Gasteiger partial charge on any atom is 0.272 e. The van der Waals surface area contributed by atoms with Crippen molar-refractivity contribution >= 4 is 21.6 Å². The Labute approximate surface area is 103 Å². The van der Waals surface area contributed by atoms with Gasteiger partial charge in [0.05, 0.1) is 17.2 Å². The van der Waals surface area contributed by atoms with Crippen LogP contribution in [0.4, 0.5) is 10.1 Å². The third-order valence-electron chi connectivity index (χ3n) is 1.91. The number of ether oxygens (including phenoxy) is 1. The molecular formula is C9H5BrFN3O3. The van der Waals surface area contributed by atoms with Crippen LogP contribution in [0.2, 0.25) is 0 Å². The lowest BCUT2D eigenvalue weighted by Crippen LogP contribution is -1.92. The Morgan fingerprint density at radius 1 is 1.47 bits per heavy atom. The van der Waals surface area contributed by atoms with E-state index in [1.807, 2.05) is 0 Å². The summed E-state index contributed by atoms with van der Waals surface area (Å²) >= 11 is 3.11. The van der Waals surface area contributed by atoms with Crippen LogP contribution >= 0.6 is 15.9 Å². The topological polar surface area (TPSA) is 81.1 Å². The molecule has 17 heavy (non-hydrogen) atoms. The fourth-order valence-corrected chi connectivity index (χ4v) is 1.42. The van der Waals surface area contributed by atoms with Gasteiger partial charge in [-0.15, -0.1) is 0 Å². The van der Waals surface area contributed by atoms with Crippen LogP contribution in [0.25, 0.3) is 0 Å². The summed E-state index contributed by atoms with van der Waals surface area (Å²) in [6.07, 6.45) is 1.35. The van der Waals surface area contributed by atoms with E-state index < -0.39 is 10.7 Å². The zero-order valence-corrected chi connectivity index (χ0v) is 9.77. The van der Waals surface area contributed by atoms with E-state index in [4.69, 9.17) is 4.74 Å². The third-order valence-corrected chi connectivity index (χ3v) is 2.48. The van der Waals surface area contributed by atoms with E-state index in [0.29, 0.717) is 4.60 Å². The van der Waals surface area contributed by atoms with Crippen molar-refractivity contribution in [2.24, 2.45) is 0 Å². The van der Waals surface area contributed by atoms with E-state index in [0.717, 1.165) is 12.1 Å². The molecule has 0 spiro atoms. The van der Waals surface area contributed by atoms with Crippen molar-refractivity contribution < 1.29 is 14.1 Å². The summed E-state index contributed by atoms with van der Waals surface area (Å²) in [5, 5.41) is 16.6. The van der Waals surface area contributed by atoms with E-state index >= 15 is 0 Å². The molecule has 0 amide bonds. The molecular weight excluding hydrogens is 297 g/mol. The van der Waals surface area contributed by atoms with Gasteiger partial charge in [0.25, 0.3) is 5.69 Å². The number of non-ortho nitro benzene ring substituents is 1. The van der Waals surface area contributed by atoms with Crippen molar-refractivity contribution in [1.82, 2.24) is 10.2 Å². The van der Waals surface area contributed by atoms with Gasteiger partial charge in [-0.05, 0) is 22.0 Å². The normalized spacial score (nSPS) is 10.2. The second-order valence-electron chi connectivity index (χ2n) is 3.02. The summed E-state index contributed by atoms with van der Waals surface area (Å²) in [6, 6.07) is 3.14. The zero-order valence-electron chi connectivity index (χ0n) is 8.18. The highest BCUT2D eigenvalue weighted by atomic mass is 79.9. The first-order valence-corrected chi connectivity index (χ1v) is 5.18. The molecule has 1 heterocycles. The Balaban J connectivity index is 2.29. The van der Waals surface area contributed by atoms with Gasteiger partial charge in [0.15, 0.2) is 17.3 Å². The molecule has 6 nitrogen and oxygen atoms in total. The standard InChI is InChI=1S/C9H5BrFN3O3/c10-9-8(4-12-13-9)17-7-2-1-5(14(15)16)3-6(7)11/h1-4H,(H,12,13). The average Bonchev–Trinajstić information content (AvgIpc) is 2.67. The fourth-order valence-electron chi connectivity index (χ4n) is 1.14. The molecule has 2 rings (SSSR count). The van der Waals surface area contributed by atoms with Crippen molar-refractivity contribution in [3.8, 4) is 11.5 Å². The summed E-state index contributed by atoms with van der Waals surface area (Å²) in [7, 11) is 0. The molecule has 0 fully saturated rings. The van der Waals surface area contributed by atoms with Crippen molar-refractivity contribution in [3.05, 3.63) is 44.9 Å². The van der Waals surface area contributed by atoms with Crippen LogP contribution < -0.4 is 4.74 Å². The summed E-state index contributed by atoms with van der Waals surface area (Å²) in [4.78, 5) is 9.73. The lowest BCUT2D eigenvalue weighted by molar-refractivity contribution is -0.385. The fraction of sp³-hybridized carbons (Fsp3) is 0. The van der Waals surface area contributed by atoms with E-state index in [-0.39, 0.29) is 17.2 Å². The minimum Gasteiger partial charge on any atom is -0.450 e. The number of nitro benzene ring substituents is 1. The van der Waals surface area contributed by atoms with Crippen LogP contribution in [0, 0.1) is 15.9 Å². The molecule has 0 atom stereocenters. The second-order valence-corrected chi connectivity index (χ2v) is 3.82. The Kier molecular flexibility index (Phi) is 3.05. The van der Waals surface area contributed by atoms with Crippen molar-refractivity contribution in [2.45, 2.75) is 0 Å². The quantitative estimate of drug-likeness (QED) is 0.698. The largest absolute Gasteiger partial charge is 0.450 e. The highest BCUT2D eigenvalue weighted by molar-refractivity contribution is 9.10. The molecule has 0 unspecified atom stereocenters. The van der Waals surface area contributed by atoms with Gasteiger partial charge in [-0.25, -0.2) is 4.39 Å². The summed E-state index contributed by atoms with van der Waals surface area (Å²) in [6.45, 7) is 0. The molecule has 0 radical (unpaired) electrons. The number of rotatable bonds is 3. The maximum absolute atomic E-state index is 13.5. The van der Waals surface area contributed by atoms with E-state index in [1.54, 1.807) is 0 Å². The van der Waals surface area contributed by atoms with Gasteiger partial charge < -0.3 is 4.74 Å². The molecule has 0 aliphatic carbocycles. The average molecular weight is 302 g/mol. The number of aromatic nitrogens is 2. The molecule has 0 aliphatic rings. The lowest BCUT2D eigenvalue weighted by atomic mass is 10.3. The predicted molar refractivity (Wildman–Crippen MR) is 59.4 cm³/mol. The van der Waals surface area contributed by atoms with Crippen LogP contribution in [0.3, 0.4) is 0 Å². The molecule has 88 valence electrons. The number of hydrogen-bond acceptors (Lipinski definition) is 4. The highest BCUT2D eigenvalue weighted by Gasteiger charge is 2.13. The van der Waals surface area contributed by atoms with Gasteiger partial charge in [0.2, 0.25) is 0 Å². The number of benzene rings is 1. The van der Waals surface area contributed by atoms with E-state index in [2.05, 4.69) is 26.1 Å². The predicted octanol–water partition coefficient (Wildman–Crippen LogP) is 3.01. The summed E-state index contributed by atoms with van der Waals surface area (Å²) in [5.41, 5.74) is -0.332. The van der Waals surface area contributed by atoms with Gasteiger partial charge in [-0.2, -0.15) is 5.10 Å². The van der Waals surface area contributed by atoms with Gasteiger partial charge in [0.1, 0.15) is 4.60 Å². The molecule has 1 N–H and O–H groups in total. The highest BCUT2D eigenvalue weighted by Crippen LogP contribution is 2.30. The maximum atomic E-state index is 13.5. The first-order chi connectivity index (χ1) is 8.08. The Morgan fingerprint density at radius 3 is 2.76 bits per heavy atom. The third kappa shape index (κ3) is 2.41. The number of nitrogens with one attached hydrogen (secondary N) is 1. The second kappa shape index (κ2) is 4.50. The number of H-pyrrole nitrogens is 1. The Hall–Kier alpha value is -1.96. The van der Waals surface area contributed by atoms with E-state index in [1.165, 1.54) is 12.3 Å². The first kappa shape index (κ1) is 11.5. The molecule has 8 heteroatoms. The molecule has 0 aliphatic heterocycles. The lowest BCUT2D eigenvalue weighted by Gasteiger charge is -2.04. The monoisotopic (exact) mass is 301 g/mol. The van der Waals surface area contributed by atoms with Gasteiger partial charge >= 0.3 is 0 Å². The Morgan fingerprint density at radius 2 is 2.24 bits per heavy atom. The minimum atomic E-state index is -0.813. The van der Waals surface area contributed by atoms with Crippen LogP contribution in [0.5, 0.6) is 11.5 Å². The number of nitrogens with zero attached hydrogens (tertiary/aromatic N) is 2. The SMILES string of the molecule is O=[N+]([O-])c1ccc(Oc2cn[nH]c2Br)c(F)c1. The zero-order chi connectivity index (χ0) is 12.4. The van der Waals surface area contributed by atoms with E-state index in [9.17, 15) is 14.5 Å². The number of hydrogen-bond donors (Lipinski definition) is 1. The summed E-state index contributed by atoms with van der Waals surface area (Å²) < 4.78 is 19.1. The number of aromatic amines is 1. The van der Waals surface area contributed by atoms with Crippen molar-refractivity contribution in [2.75, 3.05) is 0 Å². The molecule has 0 saturated carbocycles. The minimum absolute atomic E-state index is 0.113. The molecule has 2 aromatic rings. The van der Waals surface area contributed by atoms with Gasteiger partial charge in [-0.3, -0.25) is 15.2 Å². The summed E-state index contributed by atoms with van der Waals surface area (Å²) in [5.74, 6) is -0.636. The van der Waals surface area contributed by atoms with Crippen molar-refractivity contribution in [1.29, 1.82) is 0 Å². The van der Waals surface area contributed by atoms with Crippen molar-refractivity contribution in [3.63, 3.8) is 0 Å². The molecule has 1 aromatic carbocycles. The molecule has 1 aromatic heterocycles. The van der Waals surface area contributed by atoms with Gasteiger partial charge in [0, 0.05) is 6.07 Å². The van der Waals surface area contributed by atoms with Gasteiger partial charge in [-0.1, -0.05) is 0 Å². The number of halogens is 2.